The molecule has 35 heavy (non-hydrogen) atoms. The summed E-state index contributed by atoms with van der Waals surface area (Å²) in [5.74, 6) is -2.75. The van der Waals surface area contributed by atoms with Crippen LogP contribution in [0.5, 0.6) is 0 Å². The first-order valence-electron chi connectivity index (χ1n) is 11.0. The Labute approximate surface area is 206 Å². The molecule has 3 rings (SSSR count). The Hall–Kier alpha value is -3.11. The van der Waals surface area contributed by atoms with E-state index in [4.69, 9.17) is 21.5 Å². The molecule has 11 heteroatoms. The Morgan fingerprint density at radius 2 is 1.63 bits per heavy atom. The van der Waals surface area contributed by atoms with Crippen LogP contribution in [0.3, 0.4) is 0 Å². The maximum Gasteiger partial charge on any atom is 0.490 e. The minimum absolute atomic E-state index is 0.0912. The van der Waals surface area contributed by atoms with Crippen LogP contribution in [0.4, 0.5) is 13.2 Å². The zero-order chi connectivity index (χ0) is 25.8. The van der Waals surface area contributed by atoms with Gasteiger partial charge in [0, 0.05) is 56.3 Å². The largest absolute Gasteiger partial charge is 0.490 e. The third-order valence-electron chi connectivity index (χ3n) is 5.18. The number of carbonyl (C=O) groups excluding carboxylic acids is 2. The molecular formula is C24H27ClF3N3O4. The Balaban J connectivity index is 0.000000540. The standard InChI is InChI=1S/C22H26ClN3O2.C2HF3O2/c23-20-8-4-7-19(17-20)22(28)26(13-9-18-5-2-1-3-6-18)14-10-21(27)25-15-11-24-12-16-25;3-2(4,5)1(6)7/h1-8,17,24H,9-16H2;(H,6,7). The molecule has 0 aromatic heterocycles. The van der Waals surface area contributed by atoms with Gasteiger partial charge in [-0.25, -0.2) is 4.79 Å². The summed E-state index contributed by atoms with van der Waals surface area (Å²) in [6.07, 6.45) is -4.00. The highest BCUT2D eigenvalue weighted by Gasteiger charge is 2.38. The maximum atomic E-state index is 13.0. The molecule has 0 radical (unpaired) electrons. The molecule has 0 unspecified atom stereocenters. The predicted octanol–water partition coefficient (Wildman–Crippen LogP) is 3.48. The van der Waals surface area contributed by atoms with Gasteiger partial charge in [0.05, 0.1) is 0 Å². The van der Waals surface area contributed by atoms with Crippen LogP contribution in [0.2, 0.25) is 5.02 Å². The molecule has 2 N–H and O–H groups in total. The third kappa shape index (κ3) is 9.96. The molecule has 7 nitrogen and oxygen atoms in total. The van der Waals surface area contributed by atoms with Gasteiger partial charge in [-0.1, -0.05) is 48.0 Å². The van der Waals surface area contributed by atoms with Gasteiger partial charge in [0.15, 0.2) is 0 Å². The van der Waals surface area contributed by atoms with Crippen LogP contribution in [-0.4, -0.2) is 78.1 Å². The second kappa shape index (κ2) is 13.7. The summed E-state index contributed by atoms with van der Waals surface area (Å²) >= 11 is 6.06. The smallest absolute Gasteiger partial charge is 0.475 e. The van der Waals surface area contributed by atoms with E-state index < -0.39 is 12.1 Å². The number of piperazine rings is 1. The fourth-order valence-electron chi connectivity index (χ4n) is 3.33. The lowest BCUT2D eigenvalue weighted by atomic mass is 10.1. The number of hydrogen-bond acceptors (Lipinski definition) is 4. The van der Waals surface area contributed by atoms with E-state index in [0.29, 0.717) is 30.1 Å². The summed E-state index contributed by atoms with van der Waals surface area (Å²) in [6.45, 7) is 4.07. The van der Waals surface area contributed by atoms with Gasteiger partial charge in [-0.15, -0.1) is 0 Å². The van der Waals surface area contributed by atoms with Crippen LogP contribution in [0.1, 0.15) is 22.3 Å². The number of amides is 2. The second-order valence-electron chi connectivity index (χ2n) is 7.72. The molecule has 1 aliphatic heterocycles. The zero-order valence-electron chi connectivity index (χ0n) is 18.9. The molecule has 190 valence electrons. The number of nitrogens with one attached hydrogen (secondary N) is 1. The van der Waals surface area contributed by atoms with E-state index in [9.17, 15) is 22.8 Å². The minimum atomic E-state index is -5.08. The molecule has 2 aromatic carbocycles. The highest BCUT2D eigenvalue weighted by Crippen LogP contribution is 2.15. The van der Waals surface area contributed by atoms with Crippen molar-refractivity contribution in [3.63, 3.8) is 0 Å². The second-order valence-corrected chi connectivity index (χ2v) is 8.16. The summed E-state index contributed by atoms with van der Waals surface area (Å²) < 4.78 is 31.7. The van der Waals surface area contributed by atoms with Crippen molar-refractivity contribution in [1.29, 1.82) is 0 Å². The van der Waals surface area contributed by atoms with Gasteiger partial charge in [-0.05, 0) is 30.2 Å². The van der Waals surface area contributed by atoms with Crippen LogP contribution in [0, 0.1) is 0 Å². The molecule has 1 aliphatic rings. The third-order valence-corrected chi connectivity index (χ3v) is 5.41. The molecule has 2 aromatic rings. The number of nitrogens with zero attached hydrogens (tertiary/aromatic N) is 2. The maximum absolute atomic E-state index is 13.0. The average molecular weight is 514 g/mol. The van der Waals surface area contributed by atoms with Gasteiger partial charge in [0.1, 0.15) is 0 Å². The predicted molar refractivity (Wildman–Crippen MR) is 125 cm³/mol. The number of carboxylic acids is 1. The molecule has 0 saturated carbocycles. The molecule has 0 aliphatic carbocycles. The number of aliphatic carboxylic acids is 1. The van der Waals surface area contributed by atoms with E-state index in [0.717, 1.165) is 32.6 Å². The Kier molecular flexibility index (Phi) is 11.0. The first-order chi connectivity index (χ1) is 16.6. The molecule has 1 fully saturated rings. The van der Waals surface area contributed by atoms with E-state index >= 15 is 0 Å². The molecule has 0 bridgehead atoms. The van der Waals surface area contributed by atoms with Gasteiger partial charge >= 0.3 is 12.1 Å². The van der Waals surface area contributed by atoms with Crippen LogP contribution in [-0.2, 0) is 16.0 Å². The van der Waals surface area contributed by atoms with Crippen molar-refractivity contribution in [2.24, 2.45) is 0 Å². The van der Waals surface area contributed by atoms with Crippen molar-refractivity contribution in [3.8, 4) is 0 Å². The summed E-state index contributed by atoms with van der Waals surface area (Å²) in [6, 6.07) is 17.0. The minimum Gasteiger partial charge on any atom is -0.475 e. The lowest BCUT2D eigenvalue weighted by Crippen LogP contribution is -2.47. The molecule has 1 heterocycles. The monoisotopic (exact) mass is 513 g/mol. The first kappa shape index (κ1) is 28.1. The molecule has 0 spiro atoms. The lowest BCUT2D eigenvalue weighted by molar-refractivity contribution is -0.192. The first-order valence-corrected chi connectivity index (χ1v) is 11.3. The summed E-state index contributed by atoms with van der Waals surface area (Å²) in [7, 11) is 0. The van der Waals surface area contributed by atoms with Crippen LogP contribution in [0.15, 0.2) is 54.6 Å². The Bertz CT molecular complexity index is 983. The number of halogens is 4. The van der Waals surface area contributed by atoms with E-state index in [2.05, 4.69) is 5.32 Å². The number of carboxylic acid groups (broad SMARTS) is 1. The number of hydrogen-bond donors (Lipinski definition) is 2. The SMILES string of the molecule is O=C(CCN(CCc1ccccc1)C(=O)c1cccc(Cl)c1)N1CCNCC1.O=C(O)C(F)(F)F. The highest BCUT2D eigenvalue weighted by molar-refractivity contribution is 6.30. The van der Waals surface area contributed by atoms with Gasteiger partial charge in [0.2, 0.25) is 5.91 Å². The molecule has 0 atom stereocenters. The van der Waals surface area contributed by atoms with Crippen LogP contribution >= 0.6 is 11.6 Å². The van der Waals surface area contributed by atoms with Crippen molar-refractivity contribution < 1.29 is 32.7 Å². The quantitative estimate of drug-likeness (QED) is 0.591. The Morgan fingerprint density at radius 1 is 1.00 bits per heavy atom. The van der Waals surface area contributed by atoms with E-state index in [1.165, 1.54) is 5.56 Å². The van der Waals surface area contributed by atoms with Crippen molar-refractivity contribution in [2.75, 3.05) is 39.3 Å². The number of alkyl halides is 3. The molecule has 2 amide bonds. The van der Waals surface area contributed by atoms with E-state index in [-0.39, 0.29) is 11.8 Å². The van der Waals surface area contributed by atoms with Gasteiger partial charge < -0.3 is 20.2 Å². The van der Waals surface area contributed by atoms with Crippen molar-refractivity contribution >= 4 is 29.4 Å². The van der Waals surface area contributed by atoms with Gasteiger partial charge in [-0.2, -0.15) is 13.2 Å². The van der Waals surface area contributed by atoms with Crippen molar-refractivity contribution in [1.82, 2.24) is 15.1 Å². The number of carbonyl (C=O) groups is 3. The number of rotatable bonds is 7. The average Bonchev–Trinajstić information content (AvgIpc) is 2.84. The fraction of sp³-hybridized carbons (Fsp3) is 0.375. The number of benzene rings is 2. The molecule has 1 saturated heterocycles. The van der Waals surface area contributed by atoms with E-state index in [1.54, 1.807) is 29.2 Å². The highest BCUT2D eigenvalue weighted by atomic mass is 35.5. The van der Waals surface area contributed by atoms with Gasteiger partial charge in [0.25, 0.3) is 5.91 Å². The van der Waals surface area contributed by atoms with Gasteiger partial charge in [-0.3, -0.25) is 9.59 Å². The van der Waals surface area contributed by atoms with Crippen molar-refractivity contribution in [2.45, 2.75) is 19.0 Å². The fourth-order valence-corrected chi connectivity index (χ4v) is 3.52. The summed E-state index contributed by atoms with van der Waals surface area (Å²) in [5.41, 5.74) is 1.72. The zero-order valence-corrected chi connectivity index (χ0v) is 19.7. The normalized spacial score (nSPS) is 13.4. The van der Waals surface area contributed by atoms with Crippen LogP contribution < -0.4 is 5.32 Å². The van der Waals surface area contributed by atoms with Crippen LogP contribution in [0.25, 0.3) is 0 Å². The molecular weight excluding hydrogens is 487 g/mol. The summed E-state index contributed by atoms with van der Waals surface area (Å²) in [4.78, 5) is 38.1. The van der Waals surface area contributed by atoms with E-state index in [1.807, 2.05) is 35.2 Å². The topological polar surface area (TPSA) is 90.0 Å². The summed E-state index contributed by atoms with van der Waals surface area (Å²) in [5, 5.41) is 10.9. The van der Waals surface area contributed by atoms with Crippen molar-refractivity contribution in [3.05, 3.63) is 70.7 Å². The lowest BCUT2D eigenvalue weighted by Gasteiger charge is -2.29. The Morgan fingerprint density at radius 3 is 2.20 bits per heavy atom.